The van der Waals surface area contributed by atoms with E-state index in [1.54, 1.807) is 24.8 Å². The number of H-pyrrole nitrogens is 1. The number of aromatic nitrogens is 1. The number of nitrogens with zero attached hydrogens (tertiary/aromatic N) is 1. The van der Waals surface area contributed by atoms with E-state index in [4.69, 9.17) is 0 Å². The first-order chi connectivity index (χ1) is 8.54. The molecule has 0 unspecified atom stereocenters. The lowest BCUT2D eigenvalue weighted by atomic mass is 10.1. The summed E-state index contributed by atoms with van der Waals surface area (Å²) in [6.07, 6.45) is 1.67. The van der Waals surface area contributed by atoms with E-state index in [9.17, 15) is 14.7 Å². The van der Waals surface area contributed by atoms with Crippen LogP contribution in [0.15, 0.2) is 10.9 Å². The average Bonchev–Trinajstić information content (AvgIpc) is 2.75. The minimum Gasteiger partial charge on any atom is -0.394 e. The molecule has 1 atom stereocenters. The van der Waals surface area contributed by atoms with E-state index in [1.165, 1.54) is 0 Å². The fourth-order valence-corrected chi connectivity index (χ4v) is 2.56. The zero-order chi connectivity index (χ0) is 13.3. The summed E-state index contributed by atoms with van der Waals surface area (Å²) >= 11 is 0. The van der Waals surface area contributed by atoms with Crippen LogP contribution >= 0.6 is 0 Å². The molecule has 2 N–H and O–H groups in total. The third kappa shape index (κ3) is 2.18. The molecule has 0 aliphatic carbocycles. The first-order valence-corrected chi connectivity index (χ1v) is 6.17. The van der Waals surface area contributed by atoms with Crippen molar-refractivity contribution in [3.63, 3.8) is 0 Å². The third-order valence-electron chi connectivity index (χ3n) is 3.43. The van der Waals surface area contributed by atoms with E-state index in [0.29, 0.717) is 12.1 Å². The quantitative estimate of drug-likeness (QED) is 0.806. The second-order valence-corrected chi connectivity index (χ2v) is 4.82. The molecule has 2 rings (SSSR count). The van der Waals surface area contributed by atoms with E-state index in [0.717, 1.165) is 18.5 Å². The van der Waals surface area contributed by atoms with E-state index in [-0.39, 0.29) is 29.7 Å². The van der Waals surface area contributed by atoms with Gasteiger partial charge in [0.2, 0.25) is 0 Å². The van der Waals surface area contributed by atoms with Crippen LogP contribution in [-0.2, 0) is 0 Å². The summed E-state index contributed by atoms with van der Waals surface area (Å²) in [7, 11) is 0. The number of rotatable bonds is 2. The first-order valence-electron chi connectivity index (χ1n) is 6.17. The number of hydrogen-bond acceptors (Lipinski definition) is 3. The number of hydrogen-bond donors (Lipinski definition) is 2. The van der Waals surface area contributed by atoms with E-state index >= 15 is 0 Å². The highest BCUT2D eigenvalue weighted by Gasteiger charge is 2.30. The van der Waals surface area contributed by atoms with Crippen LogP contribution in [0.25, 0.3) is 0 Å². The summed E-state index contributed by atoms with van der Waals surface area (Å²) in [5.41, 5.74) is 1.28. The Bertz CT molecular complexity index is 521. The highest BCUT2D eigenvalue weighted by molar-refractivity contribution is 5.95. The number of aromatic amines is 1. The van der Waals surface area contributed by atoms with Gasteiger partial charge in [-0.25, -0.2) is 0 Å². The topological polar surface area (TPSA) is 73.4 Å². The van der Waals surface area contributed by atoms with Crippen LogP contribution < -0.4 is 5.56 Å². The number of aliphatic hydroxyl groups is 1. The Morgan fingerprint density at radius 2 is 2.28 bits per heavy atom. The standard InChI is InChI=1S/C13H18N2O3/c1-8-6-9(2)14-12(17)11(8)13(18)15-5-3-4-10(15)7-16/h6,10,16H,3-5,7H2,1-2H3,(H,14,17)/t10-/m1/s1. The van der Waals surface area contributed by atoms with Crippen molar-refractivity contribution in [1.82, 2.24) is 9.88 Å². The highest BCUT2D eigenvalue weighted by Crippen LogP contribution is 2.19. The molecule has 0 aromatic carbocycles. The Hall–Kier alpha value is -1.62. The van der Waals surface area contributed by atoms with Gasteiger partial charge in [0, 0.05) is 12.2 Å². The summed E-state index contributed by atoms with van der Waals surface area (Å²) in [6.45, 7) is 4.11. The predicted octanol–water partition coefficient (Wildman–Crippen LogP) is 0.589. The van der Waals surface area contributed by atoms with Gasteiger partial charge < -0.3 is 15.0 Å². The summed E-state index contributed by atoms with van der Waals surface area (Å²) in [5.74, 6) is -0.273. The van der Waals surface area contributed by atoms with Crippen molar-refractivity contribution >= 4 is 5.91 Å². The molecule has 1 saturated heterocycles. The van der Waals surface area contributed by atoms with E-state index in [2.05, 4.69) is 4.98 Å². The van der Waals surface area contributed by atoms with Crippen LogP contribution in [-0.4, -0.2) is 40.1 Å². The summed E-state index contributed by atoms with van der Waals surface area (Å²) in [6, 6.07) is 1.64. The Morgan fingerprint density at radius 3 is 2.89 bits per heavy atom. The largest absolute Gasteiger partial charge is 0.394 e. The maximum atomic E-state index is 12.4. The lowest BCUT2D eigenvalue weighted by Crippen LogP contribution is -2.40. The van der Waals surface area contributed by atoms with Crippen LogP contribution in [0.5, 0.6) is 0 Å². The molecule has 98 valence electrons. The number of aliphatic hydroxyl groups excluding tert-OH is 1. The Morgan fingerprint density at radius 1 is 1.56 bits per heavy atom. The van der Waals surface area contributed by atoms with Crippen molar-refractivity contribution in [2.45, 2.75) is 32.7 Å². The third-order valence-corrected chi connectivity index (χ3v) is 3.43. The zero-order valence-corrected chi connectivity index (χ0v) is 10.7. The molecule has 5 nitrogen and oxygen atoms in total. The first kappa shape index (κ1) is 12.8. The van der Waals surface area contributed by atoms with Gasteiger partial charge in [-0.1, -0.05) is 0 Å². The number of carbonyl (C=O) groups excluding carboxylic acids is 1. The molecule has 1 aliphatic rings. The Labute approximate surface area is 105 Å². The van der Waals surface area contributed by atoms with Crippen LogP contribution in [0.3, 0.4) is 0 Å². The lowest BCUT2D eigenvalue weighted by molar-refractivity contribution is 0.0675. The van der Waals surface area contributed by atoms with Gasteiger partial charge in [-0.2, -0.15) is 0 Å². The monoisotopic (exact) mass is 250 g/mol. The number of aryl methyl sites for hydroxylation is 2. The molecule has 18 heavy (non-hydrogen) atoms. The number of nitrogens with one attached hydrogen (secondary N) is 1. The smallest absolute Gasteiger partial charge is 0.261 e. The zero-order valence-electron chi connectivity index (χ0n) is 10.7. The molecule has 0 bridgehead atoms. The van der Waals surface area contributed by atoms with Gasteiger partial charge in [0.1, 0.15) is 5.56 Å². The Kier molecular flexibility index (Phi) is 3.52. The van der Waals surface area contributed by atoms with Crippen molar-refractivity contribution in [2.24, 2.45) is 0 Å². The summed E-state index contributed by atoms with van der Waals surface area (Å²) < 4.78 is 0. The molecule has 0 saturated carbocycles. The summed E-state index contributed by atoms with van der Waals surface area (Å²) in [5, 5.41) is 9.24. The van der Waals surface area contributed by atoms with Crippen molar-refractivity contribution in [1.29, 1.82) is 0 Å². The minimum atomic E-state index is -0.346. The number of likely N-dealkylation sites (tertiary alicyclic amines) is 1. The highest BCUT2D eigenvalue weighted by atomic mass is 16.3. The molecule has 5 heteroatoms. The minimum absolute atomic E-state index is 0.0471. The number of amides is 1. The lowest BCUT2D eigenvalue weighted by Gasteiger charge is -2.23. The van der Waals surface area contributed by atoms with Crippen LogP contribution in [0.1, 0.15) is 34.5 Å². The molecule has 1 aromatic rings. The van der Waals surface area contributed by atoms with Gasteiger partial charge in [-0.3, -0.25) is 9.59 Å². The van der Waals surface area contributed by atoms with Gasteiger partial charge in [0.25, 0.3) is 11.5 Å². The molecule has 0 radical (unpaired) electrons. The maximum absolute atomic E-state index is 12.4. The molecule has 1 aromatic heterocycles. The van der Waals surface area contributed by atoms with Gasteiger partial charge in [-0.15, -0.1) is 0 Å². The van der Waals surface area contributed by atoms with Crippen molar-refractivity contribution in [3.05, 3.63) is 33.2 Å². The predicted molar refractivity (Wildman–Crippen MR) is 67.7 cm³/mol. The fraction of sp³-hybridized carbons (Fsp3) is 0.538. The van der Waals surface area contributed by atoms with E-state index < -0.39 is 0 Å². The second kappa shape index (κ2) is 4.94. The van der Waals surface area contributed by atoms with Crippen LogP contribution in [0, 0.1) is 13.8 Å². The molecule has 0 spiro atoms. The SMILES string of the molecule is Cc1cc(C)c(C(=O)N2CCC[C@@H]2CO)c(=O)[nH]1. The van der Waals surface area contributed by atoms with Gasteiger partial charge in [-0.05, 0) is 38.3 Å². The second-order valence-electron chi connectivity index (χ2n) is 4.82. The van der Waals surface area contributed by atoms with E-state index in [1.807, 2.05) is 0 Å². The molecule has 2 heterocycles. The van der Waals surface area contributed by atoms with Crippen molar-refractivity contribution < 1.29 is 9.90 Å². The van der Waals surface area contributed by atoms with Crippen molar-refractivity contribution in [3.8, 4) is 0 Å². The van der Waals surface area contributed by atoms with Crippen LogP contribution in [0.4, 0.5) is 0 Å². The van der Waals surface area contributed by atoms with Gasteiger partial charge >= 0.3 is 0 Å². The fourth-order valence-electron chi connectivity index (χ4n) is 2.56. The Balaban J connectivity index is 2.37. The molecular formula is C13H18N2O3. The number of pyridine rings is 1. The average molecular weight is 250 g/mol. The molecule has 1 amide bonds. The molecular weight excluding hydrogens is 232 g/mol. The molecule has 1 aliphatic heterocycles. The maximum Gasteiger partial charge on any atom is 0.261 e. The summed E-state index contributed by atoms with van der Waals surface area (Å²) in [4.78, 5) is 28.5. The van der Waals surface area contributed by atoms with Crippen molar-refractivity contribution in [2.75, 3.05) is 13.2 Å². The van der Waals surface area contributed by atoms with Gasteiger partial charge in [0.15, 0.2) is 0 Å². The number of carbonyl (C=O) groups is 1. The van der Waals surface area contributed by atoms with Crippen LogP contribution in [0.2, 0.25) is 0 Å². The van der Waals surface area contributed by atoms with Gasteiger partial charge in [0.05, 0.1) is 12.6 Å². The molecule has 1 fully saturated rings. The normalized spacial score (nSPS) is 19.3.